The highest BCUT2D eigenvalue weighted by atomic mass is 79.9. The zero-order valence-corrected chi connectivity index (χ0v) is 13.3. The lowest BCUT2D eigenvalue weighted by Gasteiger charge is -2.07. The highest BCUT2D eigenvalue weighted by molar-refractivity contribution is 9.10. The van der Waals surface area contributed by atoms with Crippen molar-refractivity contribution >= 4 is 49.9 Å². The average molecular weight is 361 g/mol. The molecule has 0 aliphatic rings. The van der Waals surface area contributed by atoms with Gasteiger partial charge in [-0.1, -0.05) is 45.7 Å². The molecular formula is C17H11BrClNO. The van der Waals surface area contributed by atoms with Crippen molar-refractivity contribution in [2.24, 2.45) is 0 Å². The fourth-order valence-corrected chi connectivity index (χ4v) is 2.70. The molecule has 0 aliphatic heterocycles. The fourth-order valence-electron chi connectivity index (χ4n) is 2.13. The highest BCUT2D eigenvalue weighted by Gasteiger charge is 2.07. The smallest absolute Gasteiger partial charge is 0.255 e. The Morgan fingerprint density at radius 1 is 0.952 bits per heavy atom. The topological polar surface area (TPSA) is 29.1 Å². The first-order valence-corrected chi connectivity index (χ1v) is 7.55. The van der Waals surface area contributed by atoms with Crippen molar-refractivity contribution < 1.29 is 4.79 Å². The molecule has 3 rings (SSSR count). The molecule has 3 aromatic rings. The molecule has 0 aromatic heterocycles. The second-order valence-corrected chi connectivity index (χ2v) is 6.02. The molecule has 0 saturated carbocycles. The van der Waals surface area contributed by atoms with Crippen LogP contribution >= 0.6 is 27.5 Å². The average Bonchev–Trinajstić information content (AvgIpc) is 2.46. The zero-order valence-electron chi connectivity index (χ0n) is 10.9. The van der Waals surface area contributed by atoms with Crippen LogP contribution in [0.1, 0.15) is 10.4 Å². The second kappa shape index (κ2) is 5.88. The number of hydrogen-bond donors (Lipinski definition) is 1. The molecule has 104 valence electrons. The predicted octanol–water partition coefficient (Wildman–Crippen LogP) is 5.51. The van der Waals surface area contributed by atoms with E-state index in [1.54, 1.807) is 18.2 Å². The van der Waals surface area contributed by atoms with Gasteiger partial charge in [-0.25, -0.2) is 0 Å². The number of nitrogens with one attached hydrogen (secondary N) is 1. The molecule has 0 radical (unpaired) electrons. The number of amides is 1. The van der Waals surface area contributed by atoms with E-state index in [-0.39, 0.29) is 5.91 Å². The van der Waals surface area contributed by atoms with E-state index in [1.165, 1.54) is 0 Å². The van der Waals surface area contributed by atoms with E-state index in [2.05, 4.69) is 21.2 Å². The maximum Gasteiger partial charge on any atom is 0.255 e. The minimum atomic E-state index is -0.151. The van der Waals surface area contributed by atoms with Crippen LogP contribution in [0.3, 0.4) is 0 Å². The van der Waals surface area contributed by atoms with Gasteiger partial charge in [0, 0.05) is 20.7 Å². The summed E-state index contributed by atoms with van der Waals surface area (Å²) in [4.78, 5) is 12.3. The quantitative estimate of drug-likeness (QED) is 0.641. The van der Waals surface area contributed by atoms with Gasteiger partial charge in [-0.05, 0) is 53.2 Å². The summed E-state index contributed by atoms with van der Waals surface area (Å²) in [7, 11) is 0. The van der Waals surface area contributed by atoms with Gasteiger partial charge in [0.15, 0.2) is 0 Å². The zero-order chi connectivity index (χ0) is 14.8. The third-order valence-corrected chi connectivity index (χ3v) is 3.88. The third kappa shape index (κ3) is 3.26. The Hall–Kier alpha value is -1.84. The van der Waals surface area contributed by atoms with Crippen molar-refractivity contribution in [3.63, 3.8) is 0 Å². The van der Waals surface area contributed by atoms with E-state index < -0.39 is 0 Å². The van der Waals surface area contributed by atoms with E-state index in [9.17, 15) is 4.79 Å². The molecule has 0 bridgehead atoms. The first-order chi connectivity index (χ1) is 10.1. The lowest BCUT2D eigenvalue weighted by molar-refractivity contribution is 0.102. The van der Waals surface area contributed by atoms with Crippen LogP contribution in [0.5, 0.6) is 0 Å². The van der Waals surface area contributed by atoms with Gasteiger partial charge in [0.2, 0.25) is 0 Å². The molecule has 0 aliphatic carbocycles. The van der Waals surface area contributed by atoms with Gasteiger partial charge < -0.3 is 5.32 Å². The number of benzene rings is 3. The Balaban J connectivity index is 1.89. The van der Waals surface area contributed by atoms with E-state index in [0.29, 0.717) is 16.3 Å². The SMILES string of the molecule is O=C(Nc1cccc(Cl)c1)c1ccc2cc(Br)ccc2c1. The molecule has 0 atom stereocenters. The number of hydrogen-bond acceptors (Lipinski definition) is 1. The Morgan fingerprint density at radius 3 is 2.52 bits per heavy atom. The van der Waals surface area contributed by atoms with E-state index in [0.717, 1.165) is 15.2 Å². The highest BCUT2D eigenvalue weighted by Crippen LogP contribution is 2.22. The Morgan fingerprint density at radius 2 is 1.71 bits per heavy atom. The molecule has 4 heteroatoms. The van der Waals surface area contributed by atoms with Crippen LogP contribution in [0.25, 0.3) is 10.8 Å². The molecule has 1 N–H and O–H groups in total. The van der Waals surface area contributed by atoms with Crippen molar-refractivity contribution in [3.05, 3.63) is 75.7 Å². The molecule has 0 heterocycles. The first-order valence-electron chi connectivity index (χ1n) is 6.38. The van der Waals surface area contributed by atoms with Crippen LogP contribution in [-0.4, -0.2) is 5.91 Å². The van der Waals surface area contributed by atoms with Crippen LogP contribution in [0.2, 0.25) is 5.02 Å². The molecule has 0 unspecified atom stereocenters. The minimum Gasteiger partial charge on any atom is -0.322 e. The number of halogens is 2. The number of anilines is 1. The number of carbonyl (C=O) groups is 1. The van der Waals surface area contributed by atoms with Gasteiger partial charge in [-0.15, -0.1) is 0 Å². The van der Waals surface area contributed by atoms with Gasteiger partial charge >= 0.3 is 0 Å². The van der Waals surface area contributed by atoms with E-state index in [1.807, 2.05) is 42.5 Å². The number of carbonyl (C=O) groups excluding carboxylic acids is 1. The Bertz CT molecular complexity index is 832. The van der Waals surface area contributed by atoms with Crippen molar-refractivity contribution in [1.82, 2.24) is 0 Å². The van der Waals surface area contributed by atoms with Crippen molar-refractivity contribution in [2.45, 2.75) is 0 Å². The fraction of sp³-hybridized carbons (Fsp3) is 0. The van der Waals surface area contributed by atoms with Gasteiger partial charge in [0.05, 0.1) is 0 Å². The van der Waals surface area contributed by atoms with Gasteiger partial charge in [0.25, 0.3) is 5.91 Å². The standard InChI is InChI=1S/C17H11BrClNO/c18-14-7-6-11-8-13(5-4-12(11)9-14)17(21)20-16-3-1-2-15(19)10-16/h1-10H,(H,20,21). The van der Waals surface area contributed by atoms with Crippen LogP contribution in [0.15, 0.2) is 65.1 Å². The van der Waals surface area contributed by atoms with Crippen LogP contribution in [0.4, 0.5) is 5.69 Å². The van der Waals surface area contributed by atoms with Crippen LogP contribution < -0.4 is 5.32 Å². The largest absolute Gasteiger partial charge is 0.322 e. The number of fused-ring (bicyclic) bond motifs is 1. The maximum absolute atomic E-state index is 12.3. The lowest BCUT2D eigenvalue weighted by atomic mass is 10.1. The van der Waals surface area contributed by atoms with Gasteiger partial charge in [-0.3, -0.25) is 4.79 Å². The molecular weight excluding hydrogens is 350 g/mol. The van der Waals surface area contributed by atoms with Crippen molar-refractivity contribution in [3.8, 4) is 0 Å². The lowest BCUT2D eigenvalue weighted by Crippen LogP contribution is -2.11. The van der Waals surface area contributed by atoms with Crippen LogP contribution in [-0.2, 0) is 0 Å². The Labute approximate surface area is 135 Å². The summed E-state index contributed by atoms with van der Waals surface area (Å²) in [6.07, 6.45) is 0. The maximum atomic E-state index is 12.3. The molecule has 2 nitrogen and oxygen atoms in total. The van der Waals surface area contributed by atoms with Crippen LogP contribution in [0, 0.1) is 0 Å². The first kappa shape index (κ1) is 14.1. The molecule has 0 fully saturated rings. The summed E-state index contributed by atoms with van der Waals surface area (Å²) in [6, 6.07) is 18.7. The summed E-state index contributed by atoms with van der Waals surface area (Å²) >= 11 is 9.35. The molecule has 1 amide bonds. The molecule has 3 aromatic carbocycles. The Kier molecular flexibility index (Phi) is 3.95. The van der Waals surface area contributed by atoms with Crippen molar-refractivity contribution in [2.75, 3.05) is 5.32 Å². The summed E-state index contributed by atoms with van der Waals surface area (Å²) in [6.45, 7) is 0. The number of rotatable bonds is 2. The molecule has 0 spiro atoms. The summed E-state index contributed by atoms with van der Waals surface area (Å²) in [5.41, 5.74) is 1.30. The monoisotopic (exact) mass is 359 g/mol. The molecule has 21 heavy (non-hydrogen) atoms. The normalized spacial score (nSPS) is 10.6. The van der Waals surface area contributed by atoms with Gasteiger partial charge in [-0.2, -0.15) is 0 Å². The van der Waals surface area contributed by atoms with Gasteiger partial charge in [0.1, 0.15) is 0 Å². The third-order valence-electron chi connectivity index (χ3n) is 3.15. The van der Waals surface area contributed by atoms with E-state index in [4.69, 9.17) is 11.6 Å². The summed E-state index contributed by atoms with van der Waals surface area (Å²) in [5.74, 6) is -0.151. The predicted molar refractivity (Wildman–Crippen MR) is 91.1 cm³/mol. The summed E-state index contributed by atoms with van der Waals surface area (Å²) in [5, 5.41) is 5.55. The van der Waals surface area contributed by atoms with E-state index >= 15 is 0 Å². The minimum absolute atomic E-state index is 0.151. The summed E-state index contributed by atoms with van der Waals surface area (Å²) < 4.78 is 1.02. The molecule has 0 saturated heterocycles. The second-order valence-electron chi connectivity index (χ2n) is 4.67. The van der Waals surface area contributed by atoms with Crippen molar-refractivity contribution in [1.29, 1.82) is 0 Å².